The molecule has 0 aromatic heterocycles. The molecule has 0 spiro atoms. The number of rotatable bonds is 5. The molecule has 1 aliphatic heterocycles. The maximum Gasteiger partial charge on any atom is 0.250 e. The number of methoxy groups -OCH3 is 1. The molecule has 134 valence electrons. The average Bonchev–Trinajstić information content (AvgIpc) is 2.61. The molecule has 2 aromatic rings. The largest absolute Gasteiger partial charge is 0.497 e. The molecular formula is C20H22N4O2. The molecular weight excluding hydrogens is 328 g/mol. The standard InChI is InChI=1S/C20H22N4O2/c1-20(2)12-13-6-4-5-7-16(13)17(22-20)18(19(21)25)24-23-14-8-10-15(26-3)11-9-14/h4-11,18H,12H2,1-3H3,(H2,21,25). The Kier molecular flexibility index (Phi) is 4.84. The van der Waals surface area contributed by atoms with E-state index in [0.29, 0.717) is 11.4 Å². The number of amides is 1. The van der Waals surface area contributed by atoms with E-state index < -0.39 is 11.9 Å². The molecule has 0 fully saturated rings. The van der Waals surface area contributed by atoms with E-state index in [4.69, 9.17) is 15.5 Å². The van der Waals surface area contributed by atoms with Crippen LogP contribution in [-0.2, 0) is 11.2 Å². The number of nitrogens with two attached hydrogens (primary N) is 1. The summed E-state index contributed by atoms with van der Waals surface area (Å²) in [4.78, 5) is 16.9. The van der Waals surface area contributed by atoms with Crippen molar-refractivity contribution in [3.05, 3.63) is 59.7 Å². The molecule has 26 heavy (non-hydrogen) atoms. The van der Waals surface area contributed by atoms with Gasteiger partial charge >= 0.3 is 0 Å². The van der Waals surface area contributed by atoms with Gasteiger partial charge in [0.25, 0.3) is 0 Å². The second kappa shape index (κ2) is 7.07. The minimum atomic E-state index is -0.933. The van der Waals surface area contributed by atoms with E-state index in [1.165, 1.54) is 0 Å². The lowest BCUT2D eigenvalue weighted by Gasteiger charge is -2.30. The van der Waals surface area contributed by atoms with Gasteiger partial charge in [0, 0.05) is 5.56 Å². The van der Waals surface area contributed by atoms with Gasteiger partial charge in [-0.1, -0.05) is 24.3 Å². The number of carbonyl (C=O) groups excluding carboxylic acids is 1. The molecule has 0 saturated heterocycles. The van der Waals surface area contributed by atoms with Gasteiger partial charge in [0.15, 0.2) is 6.04 Å². The molecule has 2 aromatic carbocycles. The van der Waals surface area contributed by atoms with Gasteiger partial charge in [-0.2, -0.15) is 10.2 Å². The molecule has 6 nitrogen and oxygen atoms in total. The zero-order chi connectivity index (χ0) is 18.7. The third kappa shape index (κ3) is 3.79. The molecule has 0 bridgehead atoms. The second-order valence-corrected chi connectivity index (χ2v) is 6.86. The number of nitrogens with zero attached hydrogens (tertiary/aromatic N) is 3. The highest BCUT2D eigenvalue weighted by Gasteiger charge is 2.33. The lowest BCUT2D eigenvalue weighted by Crippen LogP contribution is -2.40. The number of azo groups is 1. The number of ether oxygens (including phenoxy) is 1. The summed E-state index contributed by atoms with van der Waals surface area (Å²) in [5.41, 5.74) is 8.53. The normalized spacial score (nSPS) is 16.7. The number of fused-ring (bicyclic) bond motifs is 1. The van der Waals surface area contributed by atoms with Crippen molar-refractivity contribution in [1.29, 1.82) is 0 Å². The van der Waals surface area contributed by atoms with Crippen LogP contribution >= 0.6 is 0 Å². The van der Waals surface area contributed by atoms with Crippen molar-refractivity contribution in [2.24, 2.45) is 21.0 Å². The minimum Gasteiger partial charge on any atom is -0.497 e. The van der Waals surface area contributed by atoms with Gasteiger partial charge in [-0.3, -0.25) is 9.79 Å². The summed E-state index contributed by atoms with van der Waals surface area (Å²) in [6, 6.07) is 14.1. The van der Waals surface area contributed by atoms with Crippen LogP contribution in [0.3, 0.4) is 0 Å². The van der Waals surface area contributed by atoms with Crippen LogP contribution in [-0.4, -0.2) is 30.3 Å². The van der Waals surface area contributed by atoms with E-state index in [-0.39, 0.29) is 5.54 Å². The van der Waals surface area contributed by atoms with Gasteiger partial charge in [0.1, 0.15) is 5.75 Å². The molecule has 3 rings (SSSR count). The molecule has 1 amide bonds. The quantitative estimate of drug-likeness (QED) is 0.837. The van der Waals surface area contributed by atoms with Crippen LogP contribution in [0.15, 0.2) is 63.8 Å². The molecule has 0 saturated carbocycles. The van der Waals surface area contributed by atoms with Gasteiger partial charge in [-0.05, 0) is 50.1 Å². The van der Waals surface area contributed by atoms with Crippen LogP contribution in [0.25, 0.3) is 0 Å². The second-order valence-electron chi connectivity index (χ2n) is 6.86. The zero-order valence-corrected chi connectivity index (χ0v) is 15.1. The average molecular weight is 350 g/mol. The Morgan fingerprint density at radius 1 is 1.19 bits per heavy atom. The van der Waals surface area contributed by atoms with E-state index in [1.54, 1.807) is 31.4 Å². The van der Waals surface area contributed by atoms with Crippen molar-refractivity contribution in [3.8, 4) is 5.75 Å². The smallest absolute Gasteiger partial charge is 0.250 e. The summed E-state index contributed by atoms with van der Waals surface area (Å²) < 4.78 is 5.12. The summed E-state index contributed by atoms with van der Waals surface area (Å²) in [6.45, 7) is 4.06. The SMILES string of the molecule is COc1ccc(N=NC(C(N)=O)C2=NC(C)(C)Cc3ccccc32)cc1. The Morgan fingerprint density at radius 2 is 1.88 bits per heavy atom. The van der Waals surface area contributed by atoms with Crippen molar-refractivity contribution in [2.75, 3.05) is 7.11 Å². The summed E-state index contributed by atoms with van der Waals surface area (Å²) in [5.74, 6) is 0.149. The Balaban J connectivity index is 1.97. The van der Waals surface area contributed by atoms with Crippen molar-refractivity contribution in [3.63, 3.8) is 0 Å². The van der Waals surface area contributed by atoms with Gasteiger partial charge in [0.2, 0.25) is 5.91 Å². The van der Waals surface area contributed by atoms with Crippen molar-refractivity contribution < 1.29 is 9.53 Å². The number of primary amides is 1. The molecule has 1 heterocycles. The van der Waals surface area contributed by atoms with E-state index in [2.05, 4.69) is 10.2 Å². The summed E-state index contributed by atoms with van der Waals surface area (Å²) in [5, 5.41) is 8.40. The molecule has 2 N–H and O–H groups in total. The number of hydrogen-bond acceptors (Lipinski definition) is 5. The monoisotopic (exact) mass is 350 g/mol. The van der Waals surface area contributed by atoms with Crippen LogP contribution < -0.4 is 10.5 Å². The lowest BCUT2D eigenvalue weighted by molar-refractivity contribution is -0.117. The first kappa shape index (κ1) is 17.8. The summed E-state index contributed by atoms with van der Waals surface area (Å²) >= 11 is 0. The highest BCUT2D eigenvalue weighted by atomic mass is 16.5. The van der Waals surface area contributed by atoms with Gasteiger partial charge < -0.3 is 10.5 Å². The van der Waals surface area contributed by atoms with E-state index in [1.807, 2.05) is 38.1 Å². The lowest BCUT2D eigenvalue weighted by atomic mass is 9.85. The first-order chi connectivity index (χ1) is 12.4. The number of benzene rings is 2. The van der Waals surface area contributed by atoms with E-state index in [9.17, 15) is 4.79 Å². The van der Waals surface area contributed by atoms with Crippen LogP contribution in [0.5, 0.6) is 5.75 Å². The van der Waals surface area contributed by atoms with E-state index in [0.717, 1.165) is 23.3 Å². The first-order valence-corrected chi connectivity index (χ1v) is 8.42. The highest BCUT2D eigenvalue weighted by molar-refractivity contribution is 6.17. The van der Waals surface area contributed by atoms with E-state index >= 15 is 0 Å². The van der Waals surface area contributed by atoms with Gasteiger partial charge in [-0.25, -0.2) is 0 Å². The number of aliphatic imine (C=N–C) groups is 1. The van der Waals surface area contributed by atoms with Crippen LogP contribution in [0.4, 0.5) is 5.69 Å². The zero-order valence-electron chi connectivity index (χ0n) is 15.1. The Labute approximate surface area is 152 Å². The Hall–Kier alpha value is -3.02. The first-order valence-electron chi connectivity index (χ1n) is 8.42. The van der Waals surface area contributed by atoms with Crippen molar-refractivity contribution >= 4 is 17.3 Å². The van der Waals surface area contributed by atoms with Crippen molar-refractivity contribution in [2.45, 2.75) is 31.8 Å². The molecule has 1 atom stereocenters. The molecule has 0 aliphatic carbocycles. The third-order valence-electron chi connectivity index (χ3n) is 4.23. The maximum absolute atomic E-state index is 12.1. The highest BCUT2D eigenvalue weighted by Crippen LogP contribution is 2.29. The van der Waals surface area contributed by atoms with Gasteiger partial charge in [-0.15, -0.1) is 0 Å². The molecule has 1 unspecified atom stereocenters. The fraction of sp³-hybridized carbons (Fsp3) is 0.300. The number of hydrogen-bond donors (Lipinski definition) is 1. The van der Waals surface area contributed by atoms with Crippen LogP contribution in [0.1, 0.15) is 25.0 Å². The topological polar surface area (TPSA) is 89.4 Å². The molecule has 6 heteroatoms. The third-order valence-corrected chi connectivity index (χ3v) is 4.23. The maximum atomic E-state index is 12.1. The Bertz CT molecular complexity index is 870. The van der Waals surface area contributed by atoms with Crippen molar-refractivity contribution in [1.82, 2.24) is 0 Å². The number of carbonyl (C=O) groups is 1. The fourth-order valence-electron chi connectivity index (χ4n) is 3.04. The predicted molar refractivity (Wildman–Crippen MR) is 101 cm³/mol. The Morgan fingerprint density at radius 3 is 2.54 bits per heavy atom. The molecule has 1 aliphatic rings. The van der Waals surface area contributed by atoms with Gasteiger partial charge in [0.05, 0.1) is 24.0 Å². The summed E-state index contributed by atoms with van der Waals surface area (Å²) in [6.07, 6.45) is 0.799. The molecule has 0 radical (unpaired) electrons. The predicted octanol–water partition coefficient (Wildman–Crippen LogP) is 3.46. The minimum absolute atomic E-state index is 0.326. The summed E-state index contributed by atoms with van der Waals surface area (Å²) in [7, 11) is 1.60. The van der Waals surface area contributed by atoms with Crippen LogP contribution in [0, 0.1) is 0 Å². The fourth-order valence-corrected chi connectivity index (χ4v) is 3.04. The van der Waals surface area contributed by atoms with Crippen LogP contribution in [0.2, 0.25) is 0 Å².